The number of imidazole rings is 1. The molecule has 5 rings (SSSR count). The zero-order chi connectivity index (χ0) is 30.9. The van der Waals surface area contributed by atoms with Gasteiger partial charge in [-0.2, -0.15) is 18.3 Å². The molecule has 0 unspecified atom stereocenters. The molecule has 4 aromatic rings. The van der Waals surface area contributed by atoms with Gasteiger partial charge in [0.25, 0.3) is 5.56 Å². The van der Waals surface area contributed by atoms with E-state index in [0.29, 0.717) is 30.4 Å². The van der Waals surface area contributed by atoms with Crippen LogP contribution >= 0.6 is 0 Å². The molecule has 11 nitrogen and oxygen atoms in total. The Kier molecular flexibility index (Phi) is 8.58. The minimum absolute atomic E-state index is 0.0538. The molecule has 1 aromatic carbocycles. The second-order valence-electron chi connectivity index (χ2n) is 10.8. The lowest BCUT2D eigenvalue weighted by Crippen LogP contribution is -2.40. The van der Waals surface area contributed by atoms with Gasteiger partial charge in [0.1, 0.15) is 5.82 Å². The van der Waals surface area contributed by atoms with Gasteiger partial charge in [-0.25, -0.2) is 9.78 Å². The highest BCUT2D eigenvalue weighted by molar-refractivity contribution is 5.77. The molecular weight excluding hydrogens is 567 g/mol. The van der Waals surface area contributed by atoms with Gasteiger partial charge >= 0.3 is 17.8 Å². The SMILES string of the molecule is CCCn1c(=O)c2c(nc(-c3cnn(Cc4cccc(C(F)(F)F)c4)c3)n2COC(=O)C2CCN(C)CC2)n(CC)c1=O. The summed E-state index contributed by atoms with van der Waals surface area (Å²) in [5.41, 5.74) is -0.681. The van der Waals surface area contributed by atoms with Crippen molar-refractivity contribution in [3.05, 3.63) is 68.6 Å². The maximum atomic E-state index is 13.6. The zero-order valence-corrected chi connectivity index (χ0v) is 24.3. The number of aryl methyl sites for hydroxylation is 1. The number of hydrogen-bond acceptors (Lipinski definition) is 7. The van der Waals surface area contributed by atoms with Crippen LogP contribution in [0.15, 0.2) is 46.2 Å². The van der Waals surface area contributed by atoms with Gasteiger partial charge in [-0.1, -0.05) is 19.1 Å². The summed E-state index contributed by atoms with van der Waals surface area (Å²) < 4.78 is 50.9. The molecule has 43 heavy (non-hydrogen) atoms. The van der Waals surface area contributed by atoms with Crippen molar-refractivity contribution in [2.24, 2.45) is 5.92 Å². The molecule has 1 saturated heterocycles. The largest absolute Gasteiger partial charge is 0.444 e. The number of benzene rings is 1. The van der Waals surface area contributed by atoms with Gasteiger partial charge in [0, 0.05) is 19.3 Å². The minimum Gasteiger partial charge on any atom is -0.444 e. The van der Waals surface area contributed by atoms with Gasteiger partial charge < -0.3 is 9.64 Å². The molecule has 0 aliphatic carbocycles. The fourth-order valence-electron chi connectivity index (χ4n) is 5.43. The third-order valence-corrected chi connectivity index (χ3v) is 7.76. The Labute approximate surface area is 245 Å². The number of rotatable bonds is 9. The molecule has 0 spiro atoms. The van der Waals surface area contributed by atoms with E-state index in [0.717, 1.165) is 29.8 Å². The van der Waals surface area contributed by atoms with E-state index in [-0.39, 0.29) is 55.2 Å². The fraction of sp³-hybridized carbons (Fsp3) is 0.483. The smallest absolute Gasteiger partial charge is 0.416 e. The first-order valence-electron chi connectivity index (χ1n) is 14.3. The van der Waals surface area contributed by atoms with E-state index in [4.69, 9.17) is 4.74 Å². The van der Waals surface area contributed by atoms with E-state index in [9.17, 15) is 27.6 Å². The summed E-state index contributed by atoms with van der Waals surface area (Å²) >= 11 is 0. The quantitative estimate of drug-likeness (QED) is 0.270. The van der Waals surface area contributed by atoms with Crippen LogP contribution in [0.1, 0.15) is 44.2 Å². The van der Waals surface area contributed by atoms with E-state index in [2.05, 4.69) is 15.0 Å². The molecular formula is C29H34F3N7O4. The summed E-state index contributed by atoms with van der Waals surface area (Å²) in [6.45, 7) is 5.38. The van der Waals surface area contributed by atoms with Crippen LogP contribution in [-0.2, 0) is 42.1 Å². The van der Waals surface area contributed by atoms with Crippen molar-refractivity contribution in [2.45, 2.75) is 65.7 Å². The number of esters is 1. The van der Waals surface area contributed by atoms with Crippen LogP contribution in [0.3, 0.4) is 0 Å². The molecule has 14 heteroatoms. The summed E-state index contributed by atoms with van der Waals surface area (Å²) in [6.07, 6.45) is 0.472. The number of ether oxygens (including phenoxy) is 1. The number of halogens is 3. The second kappa shape index (κ2) is 12.2. The maximum Gasteiger partial charge on any atom is 0.416 e. The molecule has 0 atom stereocenters. The summed E-state index contributed by atoms with van der Waals surface area (Å²) in [5, 5.41) is 4.31. The Balaban J connectivity index is 1.55. The number of likely N-dealkylation sites (tertiary alicyclic amines) is 1. The molecule has 1 aliphatic heterocycles. The van der Waals surface area contributed by atoms with Crippen molar-refractivity contribution in [1.82, 2.24) is 33.4 Å². The lowest BCUT2D eigenvalue weighted by Gasteiger charge is -2.27. The molecule has 230 valence electrons. The normalized spacial score (nSPS) is 14.9. The van der Waals surface area contributed by atoms with Crippen molar-refractivity contribution in [1.29, 1.82) is 0 Å². The number of piperidine rings is 1. The van der Waals surface area contributed by atoms with Gasteiger partial charge in [-0.05, 0) is 64.0 Å². The highest BCUT2D eigenvalue weighted by Gasteiger charge is 2.30. The van der Waals surface area contributed by atoms with Crippen LogP contribution in [0.4, 0.5) is 13.2 Å². The minimum atomic E-state index is -4.47. The molecule has 0 bridgehead atoms. The van der Waals surface area contributed by atoms with Crippen LogP contribution < -0.4 is 11.2 Å². The van der Waals surface area contributed by atoms with Gasteiger partial charge in [-0.3, -0.25) is 28.0 Å². The van der Waals surface area contributed by atoms with Crippen molar-refractivity contribution in [3.63, 3.8) is 0 Å². The Bertz CT molecular complexity index is 1740. The predicted molar refractivity (Wildman–Crippen MR) is 152 cm³/mol. The Morgan fingerprint density at radius 3 is 2.51 bits per heavy atom. The molecule has 1 aliphatic rings. The van der Waals surface area contributed by atoms with Gasteiger partial charge in [0.05, 0.1) is 29.8 Å². The number of hydrogen-bond donors (Lipinski definition) is 0. The van der Waals surface area contributed by atoms with Crippen LogP contribution in [-0.4, -0.2) is 59.5 Å². The molecule has 3 aromatic heterocycles. The number of fused-ring (bicyclic) bond motifs is 1. The highest BCUT2D eigenvalue weighted by Crippen LogP contribution is 2.30. The summed E-state index contributed by atoms with van der Waals surface area (Å²) in [4.78, 5) is 46.6. The monoisotopic (exact) mass is 601 g/mol. The van der Waals surface area contributed by atoms with Crippen LogP contribution in [0.5, 0.6) is 0 Å². The van der Waals surface area contributed by atoms with Gasteiger partial charge in [-0.15, -0.1) is 0 Å². The average molecular weight is 602 g/mol. The number of carbonyl (C=O) groups is 1. The first kappa shape index (κ1) is 30.3. The molecule has 4 heterocycles. The van der Waals surface area contributed by atoms with Crippen molar-refractivity contribution < 1.29 is 22.7 Å². The third-order valence-electron chi connectivity index (χ3n) is 7.76. The van der Waals surface area contributed by atoms with Crippen LogP contribution in [0.2, 0.25) is 0 Å². The average Bonchev–Trinajstić information content (AvgIpc) is 3.59. The maximum absolute atomic E-state index is 13.6. The molecule has 0 amide bonds. The van der Waals surface area contributed by atoms with Crippen LogP contribution in [0, 0.1) is 5.92 Å². The van der Waals surface area contributed by atoms with Gasteiger partial charge in [0.15, 0.2) is 17.9 Å². The lowest BCUT2D eigenvalue weighted by molar-refractivity contribution is -0.153. The highest BCUT2D eigenvalue weighted by atomic mass is 19.4. The summed E-state index contributed by atoms with van der Waals surface area (Å²) in [6, 6.07) is 4.98. The van der Waals surface area contributed by atoms with Gasteiger partial charge in [0.2, 0.25) is 0 Å². The molecule has 0 N–H and O–H groups in total. The second-order valence-corrected chi connectivity index (χ2v) is 10.8. The number of alkyl halides is 3. The van der Waals surface area contributed by atoms with Crippen molar-refractivity contribution in [2.75, 3.05) is 20.1 Å². The summed E-state index contributed by atoms with van der Waals surface area (Å²) in [5.74, 6) is -0.400. The standard InChI is InChI=1S/C29H34F3N7O4/c1-4-11-38-26(40)23-25(37(5-2)28(38)42)34-24(39(23)18-43-27(41)20-9-12-35(3)13-10-20)21-15-33-36(17-21)16-19-7-6-8-22(14-19)29(30,31)32/h6-8,14-15,17,20H,4-5,9-13,16,18H2,1-3H3. The Morgan fingerprint density at radius 1 is 1.09 bits per heavy atom. The number of nitrogens with zero attached hydrogens (tertiary/aromatic N) is 7. The van der Waals surface area contributed by atoms with E-state index in [1.165, 1.54) is 26.1 Å². The first-order valence-corrected chi connectivity index (χ1v) is 14.3. The Hall–Kier alpha value is -4.20. The topological polar surface area (TPSA) is 109 Å². The number of carbonyl (C=O) groups excluding carboxylic acids is 1. The fourth-order valence-corrected chi connectivity index (χ4v) is 5.43. The first-order chi connectivity index (χ1) is 20.5. The summed E-state index contributed by atoms with van der Waals surface area (Å²) in [7, 11) is 1.99. The van der Waals surface area contributed by atoms with Crippen molar-refractivity contribution in [3.8, 4) is 11.4 Å². The van der Waals surface area contributed by atoms with E-state index >= 15 is 0 Å². The lowest BCUT2D eigenvalue weighted by atomic mass is 9.97. The van der Waals surface area contributed by atoms with E-state index in [1.54, 1.807) is 19.2 Å². The number of aromatic nitrogens is 6. The molecule has 1 fully saturated rings. The third kappa shape index (κ3) is 6.14. The zero-order valence-electron chi connectivity index (χ0n) is 24.3. The Morgan fingerprint density at radius 2 is 1.84 bits per heavy atom. The predicted octanol–water partition coefficient (Wildman–Crippen LogP) is 3.56. The molecule has 0 saturated carbocycles. The van der Waals surface area contributed by atoms with Crippen molar-refractivity contribution >= 4 is 17.1 Å². The van der Waals surface area contributed by atoms with E-state index < -0.39 is 23.0 Å². The van der Waals surface area contributed by atoms with Crippen LogP contribution in [0.25, 0.3) is 22.6 Å². The molecule has 0 radical (unpaired) electrons. The van der Waals surface area contributed by atoms with E-state index in [1.807, 2.05) is 14.0 Å².